The Hall–Kier alpha value is -3.40. The highest BCUT2D eigenvalue weighted by molar-refractivity contribution is 7.91. The molecule has 3 aromatic rings. The van der Waals surface area contributed by atoms with Gasteiger partial charge in [0.1, 0.15) is 17.2 Å². The SMILES string of the molecule is COC(=O)C1C[C@@H](S(C)(=O)=O)CN1C(=O)CNC(=O)c1ccc2oc3ccccc3c2c1. The molecule has 0 aliphatic carbocycles. The summed E-state index contributed by atoms with van der Waals surface area (Å²) in [4.78, 5) is 38.6. The van der Waals surface area contributed by atoms with Crippen LogP contribution >= 0.6 is 0 Å². The molecule has 1 aliphatic rings. The predicted molar refractivity (Wildman–Crippen MR) is 117 cm³/mol. The zero-order valence-electron chi connectivity index (χ0n) is 17.5. The van der Waals surface area contributed by atoms with Gasteiger partial charge in [-0.3, -0.25) is 9.59 Å². The molecule has 2 amide bonds. The number of ether oxygens (including phenoxy) is 1. The number of rotatable bonds is 5. The second-order valence-electron chi connectivity index (χ2n) is 7.76. The van der Waals surface area contributed by atoms with Crippen molar-refractivity contribution in [1.29, 1.82) is 0 Å². The van der Waals surface area contributed by atoms with Crippen LogP contribution in [0.4, 0.5) is 0 Å². The monoisotopic (exact) mass is 458 g/mol. The van der Waals surface area contributed by atoms with Crippen LogP contribution in [0.1, 0.15) is 16.8 Å². The topological polar surface area (TPSA) is 123 Å². The standard InChI is InChI=1S/C22H22N2O7S/c1-30-22(27)17-10-14(32(2,28)29)12-24(17)20(25)11-23-21(26)13-7-8-19-16(9-13)15-5-3-4-6-18(15)31-19/h3-9,14,17H,10-12H2,1-2H3,(H,23,26)/t14-,17?/m1/s1. The van der Waals surface area contributed by atoms with E-state index in [4.69, 9.17) is 9.15 Å². The van der Waals surface area contributed by atoms with E-state index < -0.39 is 38.9 Å². The summed E-state index contributed by atoms with van der Waals surface area (Å²) >= 11 is 0. The third-order valence-corrected chi connectivity index (χ3v) is 7.25. The molecule has 2 atom stereocenters. The molecule has 32 heavy (non-hydrogen) atoms. The van der Waals surface area contributed by atoms with Gasteiger partial charge in [-0.2, -0.15) is 0 Å². The number of benzene rings is 2. The lowest BCUT2D eigenvalue weighted by Gasteiger charge is -2.22. The molecule has 0 saturated carbocycles. The summed E-state index contributed by atoms with van der Waals surface area (Å²) in [6.45, 7) is -0.507. The largest absolute Gasteiger partial charge is 0.467 e. The van der Waals surface area contributed by atoms with E-state index in [1.165, 1.54) is 7.11 Å². The Kier molecular flexibility index (Phi) is 5.64. The zero-order chi connectivity index (χ0) is 23.0. The number of hydrogen-bond donors (Lipinski definition) is 1. The number of nitrogens with zero attached hydrogens (tertiary/aromatic N) is 1. The van der Waals surface area contributed by atoms with Gasteiger partial charge in [-0.1, -0.05) is 18.2 Å². The average Bonchev–Trinajstić information content (AvgIpc) is 3.38. The first kappa shape index (κ1) is 21.8. The van der Waals surface area contributed by atoms with Gasteiger partial charge in [-0.15, -0.1) is 0 Å². The van der Waals surface area contributed by atoms with Crippen molar-refractivity contribution in [3.8, 4) is 0 Å². The molecule has 9 nitrogen and oxygen atoms in total. The first-order chi connectivity index (χ1) is 15.2. The molecule has 1 aliphatic heterocycles. The van der Waals surface area contributed by atoms with Gasteiger partial charge >= 0.3 is 5.97 Å². The van der Waals surface area contributed by atoms with Crippen LogP contribution in [0.5, 0.6) is 0 Å². The molecule has 1 aromatic heterocycles. The Balaban J connectivity index is 1.48. The van der Waals surface area contributed by atoms with Crippen LogP contribution in [0.2, 0.25) is 0 Å². The number of sulfone groups is 1. The van der Waals surface area contributed by atoms with Crippen LogP contribution in [0.25, 0.3) is 21.9 Å². The molecule has 4 rings (SSSR count). The number of carbonyl (C=O) groups excluding carboxylic acids is 3. The van der Waals surface area contributed by atoms with Crippen LogP contribution in [0, 0.1) is 0 Å². The number of hydrogen-bond acceptors (Lipinski definition) is 7. The van der Waals surface area contributed by atoms with Crippen LogP contribution in [-0.2, 0) is 24.2 Å². The first-order valence-corrected chi connectivity index (χ1v) is 11.9. The van der Waals surface area contributed by atoms with Crippen molar-refractivity contribution >= 4 is 49.6 Å². The van der Waals surface area contributed by atoms with Crippen molar-refractivity contribution < 1.29 is 32.0 Å². The molecular formula is C22H22N2O7S. The first-order valence-electron chi connectivity index (χ1n) is 9.94. The Morgan fingerprint density at radius 2 is 1.84 bits per heavy atom. The number of nitrogens with one attached hydrogen (secondary N) is 1. The highest BCUT2D eigenvalue weighted by atomic mass is 32.2. The molecule has 1 saturated heterocycles. The van der Waals surface area contributed by atoms with Gasteiger partial charge in [0.25, 0.3) is 5.91 Å². The number of esters is 1. The summed E-state index contributed by atoms with van der Waals surface area (Å²) in [6, 6.07) is 11.4. The van der Waals surface area contributed by atoms with Crippen molar-refractivity contribution in [2.24, 2.45) is 0 Å². The third kappa shape index (κ3) is 4.05. The maximum absolute atomic E-state index is 12.7. The van der Waals surface area contributed by atoms with E-state index in [0.717, 1.165) is 21.9 Å². The van der Waals surface area contributed by atoms with E-state index in [-0.39, 0.29) is 19.5 Å². The van der Waals surface area contributed by atoms with Crippen LogP contribution < -0.4 is 5.32 Å². The van der Waals surface area contributed by atoms with Crippen molar-refractivity contribution in [3.05, 3.63) is 48.0 Å². The smallest absolute Gasteiger partial charge is 0.328 e. The summed E-state index contributed by atoms with van der Waals surface area (Å²) in [7, 11) is -2.27. The van der Waals surface area contributed by atoms with Gasteiger partial charge in [-0.25, -0.2) is 13.2 Å². The van der Waals surface area contributed by atoms with Crippen molar-refractivity contribution in [1.82, 2.24) is 10.2 Å². The Labute approximate surface area is 184 Å². The van der Waals surface area contributed by atoms with E-state index in [1.807, 2.05) is 24.3 Å². The van der Waals surface area contributed by atoms with Crippen LogP contribution in [0.15, 0.2) is 46.9 Å². The van der Waals surface area contributed by atoms with E-state index in [1.54, 1.807) is 18.2 Å². The molecule has 10 heteroatoms. The number of amides is 2. The van der Waals surface area contributed by atoms with Crippen molar-refractivity contribution in [3.63, 3.8) is 0 Å². The van der Waals surface area contributed by atoms with Crippen molar-refractivity contribution in [2.75, 3.05) is 26.5 Å². The van der Waals surface area contributed by atoms with Gasteiger partial charge in [0.15, 0.2) is 9.84 Å². The summed E-state index contributed by atoms with van der Waals surface area (Å²) in [5, 5.41) is 3.34. The highest BCUT2D eigenvalue weighted by Gasteiger charge is 2.43. The van der Waals surface area contributed by atoms with E-state index in [2.05, 4.69) is 5.32 Å². The van der Waals surface area contributed by atoms with Crippen LogP contribution in [0.3, 0.4) is 0 Å². The molecule has 1 unspecified atom stereocenters. The molecule has 0 bridgehead atoms. The average molecular weight is 458 g/mol. The summed E-state index contributed by atoms with van der Waals surface area (Å²) in [5.74, 6) is -1.72. The second-order valence-corrected chi connectivity index (χ2v) is 10.1. The minimum atomic E-state index is -3.45. The number of fused-ring (bicyclic) bond motifs is 3. The van der Waals surface area contributed by atoms with Gasteiger partial charge in [0, 0.05) is 29.1 Å². The molecule has 168 valence electrons. The fraction of sp³-hybridized carbons (Fsp3) is 0.318. The normalized spacial score (nSPS) is 18.8. The molecule has 2 heterocycles. The summed E-state index contributed by atoms with van der Waals surface area (Å²) in [5.41, 5.74) is 1.69. The fourth-order valence-electron chi connectivity index (χ4n) is 3.97. The van der Waals surface area contributed by atoms with Crippen LogP contribution in [-0.4, -0.2) is 68.8 Å². The molecule has 1 N–H and O–H groups in total. The molecule has 1 fully saturated rings. The molecule has 2 aromatic carbocycles. The fourth-order valence-corrected chi connectivity index (χ4v) is 4.93. The van der Waals surface area contributed by atoms with Crippen molar-refractivity contribution in [2.45, 2.75) is 17.7 Å². The zero-order valence-corrected chi connectivity index (χ0v) is 18.3. The van der Waals surface area contributed by atoms with E-state index >= 15 is 0 Å². The second kappa shape index (κ2) is 8.27. The minimum Gasteiger partial charge on any atom is -0.467 e. The summed E-state index contributed by atoms with van der Waals surface area (Å²) in [6.07, 6.45) is 1.03. The number of para-hydroxylation sites is 1. The summed E-state index contributed by atoms with van der Waals surface area (Å²) < 4.78 is 34.3. The lowest BCUT2D eigenvalue weighted by Crippen LogP contribution is -2.46. The number of likely N-dealkylation sites (tertiary alicyclic amines) is 1. The lowest BCUT2D eigenvalue weighted by atomic mass is 10.1. The molecule has 0 radical (unpaired) electrons. The molecule has 0 spiro atoms. The number of methoxy groups -OCH3 is 1. The number of furan rings is 1. The van der Waals surface area contributed by atoms with E-state index in [0.29, 0.717) is 16.7 Å². The quantitative estimate of drug-likeness (QED) is 0.575. The third-order valence-electron chi connectivity index (χ3n) is 5.70. The Bertz CT molecular complexity index is 1330. The molecular weight excluding hydrogens is 436 g/mol. The van der Waals surface area contributed by atoms with Gasteiger partial charge in [-0.05, 0) is 30.7 Å². The predicted octanol–water partition coefficient (Wildman–Crippen LogP) is 1.50. The Morgan fingerprint density at radius 3 is 2.56 bits per heavy atom. The van der Waals surface area contributed by atoms with Gasteiger partial charge in [0.05, 0.1) is 18.9 Å². The minimum absolute atomic E-state index is 0.0323. The van der Waals surface area contributed by atoms with E-state index in [9.17, 15) is 22.8 Å². The number of carbonyl (C=O) groups is 3. The lowest BCUT2D eigenvalue weighted by molar-refractivity contribution is -0.150. The maximum atomic E-state index is 12.7. The van der Waals surface area contributed by atoms with Gasteiger partial charge in [0.2, 0.25) is 5.91 Å². The maximum Gasteiger partial charge on any atom is 0.328 e. The van der Waals surface area contributed by atoms with Gasteiger partial charge < -0.3 is 19.4 Å². The highest BCUT2D eigenvalue weighted by Crippen LogP contribution is 2.29. The Morgan fingerprint density at radius 1 is 1.12 bits per heavy atom.